The van der Waals surface area contributed by atoms with Crippen molar-refractivity contribution in [2.75, 3.05) is 39.3 Å². The molecule has 0 aromatic carbocycles. The Hall–Kier alpha value is -0.120. The Kier molecular flexibility index (Phi) is 4.70. The average molecular weight is 186 g/mol. The van der Waals surface area contributed by atoms with E-state index >= 15 is 0 Å². The molecule has 3 heteroatoms. The van der Waals surface area contributed by atoms with Crippen molar-refractivity contribution in [3.8, 4) is 0 Å². The molecule has 0 radical (unpaired) electrons. The zero-order chi connectivity index (χ0) is 9.68. The predicted molar refractivity (Wildman–Crippen MR) is 54.9 cm³/mol. The van der Waals surface area contributed by atoms with Gasteiger partial charge in [0, 0.05) is 19.6 Å². The van der Waals surface area contributed by atoms with Gasteiger partial charge in [-0.3, -0.25) is 4.90 Å². The van der Waals surface area contributed by atoms with Crippen LogP contribution in [0.15, 0.2) is 0 Å². The van der Waals surface area contributed by atoms with Gasteiger partial charge in [0.25, 0.3) is 0 Å². The predicted octanol–water partition coefficient (Wildman–Crippen LogP) is 0.395. The van der Waals surface area contributed by atoms with Gasteiger partial charge in [-0.05, 0) is 33.0 Å². The van der Waals surface area contributed by atoms with Crippen LogP contribution in [-0.2, 0) is 0 Å². The SMILES string of the molecule is CCN1CCCN(C[C@@H](C)O)CC1. The van der Waals surface area contributed by atoms with Crippen LogP contribution < -0.4 is 0 Å². The van der Waals surface area contributed by atoms with Gasteiger partial charge in [0.1, 0.15) is 0 Å². The first-order valence-electron chi connectivity index (χ1n) is 5.35. The minimum Gasteiger partial charge on any atom is -0.392 e. The van der Waals surface area contributed by atoms with Crippen LogP contribution in [0.3, 0.4) is 0 Å². The number of aliphatic hydroxyl groups is 1. The van der Waals surface area contributed by atoms with Gasteiger partial charge in [0.15, 0.2) is 0 Å². The number of β-amino-alcohol motifs (C(OH)–C–C–N with tert-alkyl or cyclic N) is 1. The monoisotopic (exact) mass is 186 g/mol. The maximum absolute atomic E-state index is 9.26. The van der Waals surface area contributed by atoms with E-state index in [2.05, 4.69) is 16.7 Å². The molecule has 1 fully saturated rings. The molecule has 1 atom stereocenters. The standard InChI is InChI=1S/C10H22N2O/c1-3-11-5-4-6-12(8-7-11)9-10(2)13/h10,13H,3-9H2,1-2H3/t10-/m1/s1. The van der Waals surface area contributed by atoms with Crippen molar-refractivity contribution in [2.45, 2.75) is 26.4 Å². The third-order valence-corrected chi connectivity index (χ3v) is 2.65. The van der Waals surface area contributed by atoms with Crippen LogP contribution in [0, 0.1) is 0 Å². The number of hydrogen-bond donors (Lipinski definition) is 1. The van der Waals surface area contributed by atoms with Gasteiger partial charge < -0.3 is 10.0 Å². The first-order valence-corrected chi connectivity index (χ1v) is 5.35. The summed E-state index contributed by atoms with van der Waals surface area (Å²) in [5.74, 6) is 0. The molecule has 1 N–H and O–H groups in total. The van der Waals surface area contributed by atoms with E-state index in [0.29, 0.717) is 0 Å². The van der Waals surface area contributed by atoms with E-state index in [4.69, 9.17) is 0 Å². The molecular formula is C10H22N2O. The highest BCUT2D eigenvalue weighted by molar-refractivity contribution is 4.69. The summed E-state index contributed by atoms with van der Waals surface area (Å²) in [6.45, 7) is 10.7. The fourth-order valence-electron chi connectivity index (χ4n) is 1.90. The lowest BCUT2D eigenvalue weighted by Crippen LogP contribution is -2.34. The molecule has 1 aliphatic heterocycles. The van der Waals surface area contributed by atoms with Crippen LogP contribution in [0.2, 0.25) is 0 Å². The van der Waals surface area contributed by atoms with Crippen molar-refractivity contribution < 1.29 is 5.11 Å². The van der Waals surface area contributed by atoms with Gasteiger partial charge in [0.2, 0.25) is 0 Å². The van der Waals surface area contributed by atoms with Crippen LogP contribution in [0.4, 0.5) is 0 Å². The van der Waals surface area contributed by atoms with Gasteiger partial charge >= 0.3 is 0 Å². The lowest BCUT2D eigenvalue weighted by molar-refractivity contribution is 0.128. The Labute approximate surface area is 81.3 Å². The molecule has 1 saturated heterocycles. The van der Waals surface area contributed by atoms with E-state index in [1.165, 1.54) is 13.0 Å². The molecule has 0 unspecified atom stereocenters. The Morgan fingerprint density at radius 1 is 1.15 bits per heavy atom. The fraction of sp³-hybridized carbons (Fsp3) is 1.00. The van der Waals surface area contributed by atoms with E-state index in [9.17, 15) is 5.11 Å². The molecule has 1 rings (SSSR count). The van der Waals surface area contributed by atoms with Gasteiger partial charge in [-0.2, -0.15) is 0 Å². The topological polar surface area (TPSA) is 26.7 Å². The summed E-state index contributed by atoms with van der Waals surface area (Å²) in [5.41, 5.74) is 0. The molecule has 13 heavy (non-hydrogen) atoms. The number of nitrogens with zero attached hydrogens (tertiary/aromatic N) is 2. The molecule has 0 aromatic heterocycles. The van der Waals surface area contributed by atoms with E-state index in [1.54, 1.807) is 0 Å². The van der Waals surface area contributed by atoms with E-state index in [-0.39, 0.29) is 6.10 Å². The summed E-state index contributed by atoms with van der Waals surface area (Å²) in [7, 11) is 0. The van der Waals surface area contributed by atoms with Crippen LogP contribution in [0.25, 0.3) is 0 Å². The average Bonchev–Trinajstić information content (AvgIpc) is 2.29. The third-order valence-electron chi connectivity index (χ3n) is 2.65. The molecule has 1 aliphatic rings. The Balaban J connectivity index is 2.27. The maximum atomic E-state index is 9.26. The second kappa shape index (κ2) is 5.58. The fourth-order valence-corrected chi connectivity index (χ4v) is 1.90. The van der Waals surface area contributed by atoms with Crippen molar-refractivity contribution in [3.63, 3.8) is 0 Å². The summed E-state index contributed by atoms with van der Waals surface area (Å²) in [4.78, 5) is 4.84. The van der Waals surface area contributed by atoms with Crippen LogP contribution in [0.5, 0.6) is 0 Å². The van der Waals surface area contributed by atoms with Gasteiger partial charge in [-0.25, -0.2) is 0 Å². The van der Waals surface area contributed by atoms with E-state index < -0.39 is 0 Å². The first kappa shape index (κ1) is 11.0. The lowest BCUT2D eigenvalue weighted by Gasteiger charge is -2.21. The Bertz CT molecular complexity index is 139. The quantitative estimate of drug-likeness (QED) is 0.691. The largest absolute Gasteiger partial charge is 0.392 e. The van der Waals surface area contributed by atoms with Crippen LogP contribution >= 0.6 is 0 Å². The van der Waals surface area contributed by atoms with Crippen molar-refractivity contribution in [3.05, 3.63) is 0 Å². The second-order valence-electron chi connectivity index (χ2n) is 3.94. The van der Waals surface area contributed by atoms with Crippen LogP contribution in [-0.4, -0.2) is 60.3 Å². The van der Waals surface area contributed by atoms with Gasteiger partial charge in [0.05, 0.1) is 6.10 Å². The van der Waals surface area contributed by atoms with Gasteiger partial charge in [-0.15, -0.1) is 0 Å². The molecular weight excluding hydrogens is 164 g/mol. The van der Waals surface area contributed by atoms with Gasteiger partial charge in [-0.1, -0.05) is 6.92 Å². The summed E-state index contributed by atoms with van der Waals surface area (Å²) in [6.07, 6.45) is 1.05. The number of rotatable bonds is 3. The van der Waals surface area contributed by atoms with E-state index in [0.717, 1.165) is 32.7 Å². The minimum absolute atomic E-state index is 0.187. The third kappa shape index (κ3) is 4.07. The zero-order valence-electron chi connectivity index (χ0n) is 8.87. The van der Waals surface area contributed by atoms with Crippen molar-refractivity contribution >= 4 is 0 Å². The Morgan fingerprint density at radius 2 is 1.77 bits per heavy atom. The summed E-state index contributed by atoms with van der Waals surface area (Å²) >= 11 is 0. The number of hydrogen-bond acceptors (Lipinski definition) is 3. The number of likely N-dealkylation sites (N-methyl/N-ethyl adjacent to an activating group) is 1. The highest BCUT2D eigenvalue weighted by Gasteiger charge is 2.14. The summed E-state index contributed by atoms with van der Waals surface area (Å²) in [6, 6.07) is 0. The molecule has 0 bridgehead atoms. The molecule has 3 nitrogen and oxygen atoms in total. The lowest BCUT2D eigenvalue weighted by atomic mass is 10.3. The molecule has 78 valence electrons. The molecule has 0 saturated carbocycles. The normalized spacial score (nSPS) is 24.2. The number of aliphatic hydroxyl groups excluding tert-OH is 1. The maximum Gasteiger partial charge on any atom is 0.0639 e. The molecule has 0 aliphatic carbocycles. The molecule has 0 spiro atoms. The highest BCUT2D eigenvalue weighted by atomic mass is 16.3. The van der Waals surface area contributed by atoms with E-state index in [1.807, 2.05) is 6.92 Å². The zero-order valence-corrected chi connectivity index (χ0v) is 8.87. The minimum atomic E-state index is -0.187. The second-order valence-corrected chi connectivity index (χ2v) is 3.94. The molecule has 0 aromatic rings. The summed E-state index contributed by atoms with van der Waals surface area (Å²) in [5, 5.41) is 9.26. The van der Waals surface area contributed by atoms with Crippen LogP contribution in [0.1, 0.15) is 20.3 Å². The van der Waals surface area contributed by atoms with Crippen molar-refractivity contribution in [1.29, 1.82) is 0 Å². The highest BCUT2D eigenvalue weighted by Crippen LogP contribution is 2.03. The van der Waals surface area contributed by atoms with Crippen molar-refractivity contribution in [2.24, 2.45) is 0 Å². The smallest absolute Gasteiger partial charge is 0.0639 e. The van der Waals surface area contributed by atoms with Crippen molar-refractivity contribution in [1.82, 2.24) is 9.80 Å². The molecule has 1 heterocycles. The Morgan fingerprint density at radius 3 is 2.38 bits per heavy atom. The first-order chi connectivity index (χ1) is 6.22. The molecule has 0 amide bonds. The summed E-state index contributed by atoms with van der Waals surface area (Å²) < 4.78 is 0.